The summed E-state index contributed by atoms with van der Waals surface area (Å²) in [4.78, 5) is 11.9. The van der Waals surface area contributed by atoms with E-state index in [0.29, 0.717) is 18.8 Å². The molecule has 0 aliphatic carbocycles. The highest BCUT2D eigenvalue weighted by Gasteiger charge is 2.46. The minimum Gasteiger partial charge on any atom is -0.371 e. The topological polar surface area (TPSA) is 54.5 Å². The predicted molar refractivity (Wildman–Crippen MR) is 70.7 cm³/mol. The fourth-order valence-corrected chi connectivity index (χ4v) is 3.09. The van der Waals surface area contributed by atoms with Gasteiger partial charge in [-0.15, -0.1) is 0 Å². The lowest BCUT2D eigenvalue weighted by Gasteiger charge is -2.32. The third-order valence-corrected chi connectivity index (χ3v) is 4.97. The van der Waals surface area contributed by atoms with Gasteiger partial charge in [0.1, 0.15) is 6.29 Å². The van der Waals surface area contributed by atoms with E-state index >= 15 is 0 Å². The predicted octanol–water partition coefficient (Wildman–Crippen LogP) is 2.40. The number of aldehydes is 1. The number of benzene rings is 1. The zero-order valence-electron chi connectivity index (χ0n) is 11.0. The Kier molecular flexibility index (Phi) is 4.27. The summed E-state index contributed by atoms with van der Waals surface area (Å²) >= 11 is 0. The van der Waals surface area contributed by atoms with Crippen molar-refractivity contribution in [3.63, 3.8) is 0 Å². The zero-order chi connectivity index (χ0) is 15.7. The Morgan fingerprint density at radius 3 is 2.33 bits per heavy atom. The zero-order valence-corrected chi connectivity index (χ0v) is 11.8. The Morgan fingerprint density at radius 2 is 1.81 bits per heavy atom. The lowest BCUT2D eigenvalue weighted by molar-refractivity contribution is -0.111. The Hall–Kier alpha value is -1.57. The van der Waals surface area contributed by atoms with E-state index in [1.807, 2.05) is 4.90 Å². The number of carbonyl (C=O) groups excluding carboxylic acids is 1. The third kappa shape index (κ3) is 3.20. The lowest BCUT2D eigenvalue weighted by Crippen LogP contribution is -2.36. The number of piperidine rings is 1. The van der Waals surface area contributed by atoms with Crippen molar-refractivity contribution in [3.05, 3.63) is 24.3 Å². The van der Waals surface area contributed by atoms with Crippen LogP contribution >= 0.6 is 0 Å². The average Bonchev–Trinajstić information content (AvgIpc) is 2.46. The summed E-state index contributed by atoms with van der Waals surface area (Å²) in [7, 11) is -5.31. The van der Waals surface area contributed by atoms with Gasteiger partial charge in [0.05, 0.1) is 4.90 Å². The number of nitrogens with zero attached hydrogens (tertiary/aromatic N) is 1. The Morgan fingerprint density at radius 1 is 1.19 bits per heavy atom. The van der Waals surface area contributed by atoms with Gasteiger partial charge < -0.3 is 9.69 Å². The SMILES string of the molecule is O=CC1CCCN(c2ccc(S(=O)(=O)C(F)(F)F)cc2)C1. The van der Waals surface area contributed by atoms with Gasteiger partial charge in [0.15, 0.2) is 0 Å². The minimum atomic E-state index is -5.31. The Bertz CT molecular complexity index is 611. The molecular formula is C13H14F3NO3S. The molecule has 0 saturated carbocycles. The number of alkyl halides is 3. The highest BCUT2D eigenvalue weighted by molar-refractivity contribution is 7.92. The van der Waals surface area contributed by atoms with Crippen LogP contribution in [0.2, 0.25) is 0 Å². The highest BCUT2D eigenvalue weighted by Crippen LogP contribution is 2.31. The monoisotopic (exact) mass is 321 g/mol. The smallest absolute Gasteiger partial charge is 0.371 e. The van der Waals surface area contributed by atoms with Crippen molar-refractivity contribution in [2.24, 2.45) is 5.92 Å². The first-order chi connectivity index (χ1) is 9.75. The fraction of sp³-hybridized carbons (Fsp3) is 0.462. The molecule has 1 heterocycles. The molecule has 1 aliphatic rings. The standard InChI is InChI=1S/C13H14F3NO3S/c14-13(15,16)21(19,20)12-5-3-11(4-6-12)17-7-1-2-10(8-17)9-18/h3-6,9-10H,1-2,7-8H2. The van der Waals surface area contributed by atoms with Crippen LogP contribution < -0.4 is 4.90 Å². The van der Waals surface area contributed by atoms with Gasteiger partial charge in [0.2, 0.25) is 0 Å². The molecule has 2 rings (SSSR count). The van der Waals surface area contributed by atoms with Crippen LogP contribution in [0.25, 0.3) is 0 Å². The first-order valence-corrected chi connectivity index (χ1v) is 7.85. The van der Waals surface area contributed by atoms with E-state index in [9.17, 15) is 26.4 Å². The first kappa shape index (κ1) is 15.8. The van der Waals surface area contributed by atoms with Crippen LogP contribution in [-0.4, -0.2) is 33.3 Å². The van der Waals surface area contributed by atoms with Gasteiger partial charge in [0.25, 0.3) is 9.84 Å². The number of rotatable bonds is 3. The highest BCUT2D eigenvalue weighted by atomic mass is 32.2. The number of hydrogen-bond donors (Lipinski definition) is 0. The van der Waals surface area contributed by atoms with Crippen molar-refractivity contribution in [1.82, 2.24) is 0 Å². The summed E-state index contributed by atoms with van der Waals surface area (Å²) in [5.41, 5.74) is -4.69. The Balaban J connectivity index is 2.22. The molecule has 8 heteroatoms. The molecule has 0 radical (unpaired) electrons. The van der Waals surface area contributed by atoms with Gasteiger partial charge in [-0.2, -0.15) is 13.2 Å². The molecule has 0 N–H and O–H groups in total. The van der Waals surface area contributed by atoms with Crippen LogP contribution in [0, 0.1) is 5.92 Å². The molecule has 0 aromatic heterocycles. The van der Waals surface area contributed by atoms with Crippen molar-refractivity contribution < 1.29 is 26.4 Å². The van der Waals surface area contributed by atoms with Crippen molar-refractivity contribution in [2.75, 3.05) is 18.0 Å². The van der Waals surface area contributed by atoms with E-state index in [1.54, 1.807) is 0 Å². The van der Waals surface area contributed by atoms with Crippen molar-refractivity contribution in [2.45, 2.75) is 23.2 Å². The number of anilines is 1. The van der Waals surface area contributed by atoms with Gasteiger partial charge in [-0.3, -0.25) is 0 Å². The number of carbonyl (C=O) groups is 1. The maximum absolute atomic E-state index is 12.4. The first-order valence-electron chi connectivity index (χ1n) is 6.37. The summed E-state index contributed by atoms with van der Waals surface area (Å²) in [6, 6.07) is 4.57. The second-order valence-corrected chi connectivity index (χ2v) is 6.87. The van der Waals surface area contributed by atoms with E-state index in [1.165, 1.54) is 12.1 Å². The molecule has 1 aromatic carbocycles. The van der Waals surface area contributed by atoms with Crippen LogP contribution in [-0.2, 0) is 14.6 Å². The summed E-state index contributed by atoms with van der Waals surface area (Å²) in [5.74, 6) is -0.0997. The molecule has 1 saturated heterocycles. The van der Waals surface area contributed by atoms with Gasteiger partial charge in [0, 0.05) is 24.7 Å². The van der Waals surface area contributed by atoms with Crippen molar-refractivity contribution in [3.8, 4) is 0 Å². The molecule has 1 atom stereocenters. The second-order valence-electron chi connectivity index (χ2n) is 4.93. The number of hydrogen-bond acceptors (Lipinski definition) is 4. The quantitative estimate of drug-likeness (QED) is 0.802. The van der Waals surface area contributed by atoms with E-state index in [2.05, 4.69) is 0 Å². The van der Waals surface area contributed by atoms with Crippen LogP contribution in [0.1, 0.15) is 12.8 Å². The fourth-order valence-electron chi connectivity index (χ4n) is 2.33. The molecule has 21 heavy (non-hydrogen) atoms. The molecule has 0 amide bonds. The molecule has 0 bridgehead atoms. The number of halogens is 3. The summed E-state index contributed by atoms with van der Waals surface area (Å²) in [5, 5.41) is 0. The maximum Gasteiger partial charge on any atom is 0.501 e. The second kappa shape index (κ2) is 5.67. The lowest BCUT2D eigenvalue weighted by atomic mass is 9.99. The van der Waals surface area contributed by atoms with E-state index < -0.39 is 20.2 Å². The maximum atomic E-state index is 12.4. The van der Waals surface area contributed by atoms with Crippen LogP contribution in [0.4, 0.5) is 18.9 Å². The molecule has 116 valence electrons. The molecule has 0 spiro atoms. The summed E-state index contributed by atoms with van der Waals surface area (Å²) in [6.45, 7) is 1.19. The summed E-state index contributed by atoms with van der Waals surface area (Å²) in [6.07, 6.45) is 2.47. The van der Waals surface area contributed by atoms with E-state index in [4.69, 9.17) is 0 Å². The van der Waals surface area contributed by atoms with E-state index in [0.717, 1.165) is 31.3 Å². The minimum absolute atomic E-state index is 0.0997. The molecule has 1 fully saturated rings. The molecule has 1 aliphatic heterocycles. The van der Waals surface area contributed by atoms with Crippen LogP contribution in [0.15, 0.2) is 29.2 Å². The van der Waals surface area contributed by atoms with Gasteiger partial charge >= 0.3 is 5.51 Å². The average molecular weight is 321 g/mol. The number of sulfone groups is 1. The van der Waals surface area contributed by atoms with Crippen LogP contribution in [0.3, 0.4) is 0 Å². The molecule has 1 unspecified atom stereocenters. The van der Waals surface area contributed by atoms with Gasteiger partial charge in [-0.05, 0) is 37.1 Å². The van der Waals surface area contributed by atoms with Crippen molar-refractivity contribution in [1.29, 1.82) is 0 Å². The normalized spacial score (nSPS) is 20.3. The van der Waals surface area contributed by atoms with Gasteiger partial charge in [-0.1, -0.05) is 0 Å². The third-order valence-electron chi connectivity index (χ3n) is 3.47. The Labute approximate surface area is 120 Å². The van der Waals surface area contributed by atoms with Crippen molar-refractivity contribution >= 4 is 21.8 Å². The molecular weight excluding hydrogens is 307 g/mol. The summed E-state index contributed by atoms with van der Waals surface area (Å²) < 4.78 is 59.8. The molecule has 1 aromatic rings. The largest absolute Gasteiger partial charge is 0.501 e. The van der Waals surface area contributed by atoms with Gasteiger partial charge in [-0.25, -0.2) is 8.42 Å². The van der Waals surface area contributed by atoms with Crippen LogP contribution in [0.5, 0.6) is 0 Å². The molecule has 4 nitrogen and oxygen atoms in total. The van der Waals surface area contributed by atoms with E-state index in [-0.39, 0.29) is 5.92 Å².